The van der Waals surface area contributed by atoms with Gasteiger partial charge in [0.15, 0.2) is 0 Å². The van der Waals surface area contributed by atoms with E-state index in [1.165, 1.54) is 12.1 Å². The summed E-state index contributed by atoms with van der Waals surface area (Å²) in [6.45, 7) is 3.65. The van der Waals surface area contributed by atoms with E-state index >= 15 is 0 Å². The van der Waals surface area contributed by atoms with Gasteiger partial charge in [-0.1, -0.05) is 0 Å². The first kappa shape index (κ1) is 16.2. The van der Waals surface area contributed by atoms with Crippen LogP contribution in [0.25, 0.3) is 0 Å². The normalized spacial score (nSPS) is 21.3. The zero-order valence-corrected chi connectivity index (χ0v) is 13.2. The molecule has 0 radical (unpaired) electrons. The Hall–Kier alpha value is -1.18. The standard InChI is InChI=1S/C14H22FN3O2S/c1-10(17-2)11-4-3-7-18(9-11)14-6-5-12(8-13(14)15)21(16,19)20/h5-6,8,10-11,17H,3-4,7,9H2,1-2H3,(H2,16,19,20). The van der Waals surface area contributed by atoms with E-state index in [9.17, 15) is 12.8 Å². The third-order valence-corrected chi connectivity index (χ3v) is 5.12. The van der Waals surface area contributed by atoms with Gasteiger partial charge in [0, 0.05) is 19.1 Å². The molecule has 0 bridgehead atoms. The summed E-state index contributed by atoms with van der Waals surface area (Å²) in [5.74, 6) is -0.0969. The second-order valence-electron chi connectivity index (χ2n) is 5.58. The van der Waals surface area contributed by atoms with Crippen molar-refractivity contribution in [2.75, 3.05) is 25.0 Å². The zero-order valence-electron chi connectivity index (χ0n) is 12.3. The number of rotatable bonds is 4. The van der Waals surface area contributed by atoms with Crippen LogP contribution in [-0.2, 0) is 10.0 Å². The highest BCUT2D eigenvalue weighted by molar-refractivity contribution is 7.89. The van der Waals surface area contributed by atoms with E-state index in [1.54, 1.807) is 0 Å². The van der Waals surface area contributed by atoms with Crippen molar-refractivity contribution in [3.05, 3.63) is 24.0 Å². The molecule has 1 aromatic carbocycles. The van der Waals surface area contributed by atoms with Gasteiger partial charge in [0.05, 0.1) is 10.6 Å². The summed E-state index contributed by atoms with van der Waals surface area (Å²) in [7, 11) is -1.95. The van der Waals surface area contributed by atoms with Crippen LogP contribution in [0.1, 0.15) is 19.8 Å². The summed E-state index contributed by atoms with van der Waals surface area (Å²) in [6.07, 6.45) is 2.10. The Kier molecular flexibility index (Phi) is 4.85. The van der Waals surface area contributed by atoms with E-state index in [4.69, 9.17) is 5.14 Å². The number of nitrogens with two attached hydrogens (primary N) is 1. The van der Waals surface area contributed by atoms with Gasteiger partial charge in [-0.3, -0.25) is 0 Å². The second kappa shape index (κ2) is 6.29. The molecule has 1 saturated heterocycles. The molecule has 2 unspecified atom stereocenters. The van der Waals surface area contributed by atoms with Gasteiger partial charge in [-0.25, -0.2) is 17.9 Å². The number of nitrogens with zero attached hydrogens (tertiary/aromatic N) is 1. The Bertz CT molecular complexity index is 606. The first-order valence-corrected chi connectivity index (χ1v) is 8.62. The molecule has 1 fully saturated rings. The van der Waals surface area contributed by atoms with Gasteiger partial charge in [0.2, 0.25) is 10.0 Å². The van der Waals surface area contributed by atoms with Crippen molar-refractivity contribution in [3.8, 4) is 0 Å². The van der Waals surface area contributed by atoms with Crippen LogP contribution in [0.3, 0.4) is 0 Å². The van der Waals surface area contributed by atoms with Crippen LogP contribution in [0.4, 0.5) is 10.1 Å². The lowest BCUT2D eigenvalue weighted by atomic mass is 9.91. The smallest absolute Gasteiger partial charge is 0.238 e. The third kappa shape index (κ3) is 3.72. The summed E-state index contributed by atoms with van der Waals surface area (Å²) in [4.78, 5) is 1.78. The lowest BCUT2D eigenvalue weighted by Crippen LogP contribution is -2.43. The van der Waals surface area contributed by atoms with E-state index < -0.39 is 15.8 Å². The van der Waals surface area contributed by atoms with Crippen LogP contribution in [0, 0.1) is 11.7 Å². The number of hydrogen-bond acceptors (Lipinski definition) is 4. The maximum absolute atomic E-state index is 14.2. The third-order valence-electron chi connectivity index (χ3n) is 4.21. The number of anilines is 1. The number of nitrogens with one attached hydrogen (secondary N) is 1. The van der Waals surface area contributed by atoms with Gasteiger partial charge in [0.1, 0.15) is 5.82 Å². The monoisotopic (exact) mass is 315 g/mol. The van der Waals surface area contributed by atoms with Crippen LogP contribution in [-0.4, -0.2) is 34.6 Å². The predicted molar refractivity (Wildman–Crippen MR) is 81.2 cm³/mol. The number of benzene rings is 1. The Morgan fingerprint density at radius 3 is 2.76 bits per heavy atom. The molecule has 2 rings (SSSR count). The molecule has 1 heterocycles. The van der Waals surface area contributed by atoms with Crippen LogP contribution in [0.15, 0.2) is 23.1 Å². The summed E-state index contributed by atoms with van der Waals surface area (Å²) in [6, 6.07) is 4.22. The van der Waals surface area contributed by atoms with Crippen molar-refractivity contribution < 1.29 is 12.8 Å². The summed E-state index contributed by atoms with van der Waals surface area (Å²) in [5.41, 5.74) is 0.440. The number of sulfonamides is 1. The molecule has 1 aliphatic rings. The fraction of sp³-hybridized carbons (Fsp3) is 0.571. The molecule has 0 spiro atoms. The minimum Gasteiger partial charge on any atom is -0.369 e. The molecule has 118 valence electrons. The molecule has 2 atom stereocenters. The SMILES string of the molecule is CNC(C)C1CCCN(c2ccc(S(N)(=O)=O)cc2F)C1. The number of piperidine rings is 1. The van der Waals surface area contributed by atoms with Gasteiger partial charge in [-0.15, -0.1) is 0 Å². The highest BCUT2D eigenvalue weighted by Crippen LogP contribution is 2.28. The number of primary sulfonamides is 1. The van der Waals surface area contributed by atoms with Crippen molar-refractivity contribution in [2.24, 2.45) is 11.1 Å². The molecule has 0 aromatic heterocycles. The molecule has 3 N–H and O–H groups in total. The van der Waals surface area contributed by atoms with Crippen LogP contribution in [0.5, 0.6) is 0 Å². The Morgan fingerprint density at radius 2 is 2.19 bits per heavy atom. The molecule has 1 aromatic rings. The highest BCUT2D eigenvalue weighted by atomic mass is 32.2. The van der Waals surface area contributed by atoms with Crippen molar-refractivity contribution >= 4 is 15.7 Å². The molecular weight excluding hydrogens is 293 g/mol. The molecule has 7 heteroatoms. The van der Waals surface area contributed by atoms with E-state index in [0.717, 1.165) is 32.0 Å². The first-order chi connectivity index (χ1) is 9.82. The topological polar surface area (TPSA) is 75.4 Å². The van der Waals surface area contributed by atoms with Crippen LogP contribution in [0.2, 0.25) is 0 Å². The molecule has 0 saturated carbocycles. The summed E-state index contributed by atoms with van der Waals surface area (Å²) >= 11 is 0. The highest BCUT2D eigenvalue weighted by Gasteiger charge is 2.25. The second-order valence-corrected chi connectivity index (χ2v) is 7.15. The maximum Gasteiger partial charge on any atom is 0.238 e. The average Bonchev–Trinajstić information content (AvgIpc) is 2.45. The lowest BCUT2D eigenvalue weighted by Gasteiger charge is -2.37. The Morgan fingerprint density at radius 1 is 1.48 bits per heavy atom. The van der Waals surface area contributed by atoms with Crippen LogP contribution < -0.4 is 15.4 Å². The minimum absolute atomic E-state index is 0.194. The van der Waals surface area contributed by atoms with Gasteiger partial charge in [-0.2, -0.15) is 0 Å². The van der Waals surface area contributed by atoms with Crippen LogP contribution >= 0.6 is 0 Å². The quantitative estimate of drug-likeness (QED) is 0.878. The van der Waals surface area contributed by atoms with Gasteiger partial charge in [-0.05, 0) is 50.9 Å². The molecule has 21 heavy (non-hydrogen) atoms. The first-order valence-electron chi connectivity index (χ1n) is 7.07. The van der Waals surface area contributed by atoms with Gasteiger partial charge >= 0.3 is 0 Å². The van der Waals surface area contributed by atoms with E-state index in [0.29, 0.717) is 17.6 Å². The largest absolute Gasteiger partial charge is 0.369 e. The number of hydrogen-bond donors (Lipinski definition) is 2. The molecular formula is C14H22FN3O2S. The lowest BCUT2D eigenvalue weighted by molar-refractivity contribution is 0.332. The summed E-state index contributed by atoms with van der Waals surface area (Å²) < 4.78 is 36.7. The van der Waals surface area contributed by atoms with Gasteiger partial charge in [0.25, 0.3) is 0 Å². The molecule has 1 aliphatic heterocycles. The Balaban J connectivity index is 2.22. The molecule has 5 nitrogen and oxygen atoms in total. The minimum atomic E-state index is -3.87. The molecule has 0 amide bonds. The van der Waals surface area contributed by atoms with E-state index in [-0.39, 0.29) is 4.90 Å². The van der Waals surface area contributed by atoms with Crippen molar-refractivity contribution in [1.82, 2.24) is 5.32 Å². The summed E-state index contributed by atoms with van der Waals surface area (Å²) in [5, 5.41) is 8.25. The zero-order chi connectivity index (χ0) is 15.6. The van der Waals surface area contributed by atoms with Crippen molar-refractivity contribution in [3.63, 3.8) is 0 Å². The fourth-order valence-electron chi connectivity index (χ4n) is 2.79. The molecule has 0 aliphatic carbocycles. The van der Waals surface area contributed by atoms with Crippen molar-refractivity contribution in [2.45, 2.75) is 30.7 Å². The van der Waals surface area contributed by atoms with E-state index in [2.05, 4.69) is 12.2 Å². The van der Waals surface area contributed by atoms with E-state index in [1.807, 2.05) is 11.9 Å². The Labute approximate surface area is 125 Å². The van der Waals surface area contributed by atoms with Crippen molar-refractivity contribution in [1.29, 1.82) is 0 Å². The number of halogens is 1. The van der Waals surface area contributed by atoms with Gasteiger partial charge < -0.3 is 10.2 Å². The predicted octanol–water partition coefficient (Wildman–Crippen LogP) is 1.30. The maximum atomic E-state index is 14.2. The fourth-order valence-corrected chi connectivity index (χ4v) is 3.32. The average molecular weight is 315 g/mol.